The van der Waals surface area contributed by atoms with Gasteiger partial charge >= 0.3 is 0 Å². The van der Waals surface area contributed by atoms with Crippen molar-refractivity contribution in [3.63, 3.8) is 0 Å². The summed E-state index contributed by atoms with van der Waals surface area (Å²) < 4.78 is 5.19. The molecule has 0 bridgehead atoms. The lowest BCUT2D eigenvalue weighted by atomic mass is 10.1. The highest BCUT2D eigenvalue weighted by Crippen LogP contribution is 2.23. The standard InChI is InChI=1S/C13H17NO2/c1-16-10-11-4-2-3-5-13(11)14-8-6-12(15)7-9-14/h2-5H,6-10H2,1H3. The van der Waals surface area contributed by atoms with Crippen LogP contribution in [0.5, 0.6) is 0 Å². The summed E-state index contributed by atoms with van der Waals surface area (Å²) in [6.45, 7) is 2.29. The lowest BCUT2D eigenvalue weighted by Gasteiger charge is -2.29. The number of hydrogen-bond acceptors (Lipinski definition) is 3. The van der Waals surface area contributed by atoms with Crippen LogP contribution < -0.4 is 4.90 Å². The van der Waals surface area contributed by atoms with Crippen molar-refractivity contribution >= 4 is 11.5 Å². The van der Waals surface area contributed by atoms with Gasteiger partial charge in [0.25, 0.3) is 0 Å². The maximum absolute atomic E-state index is 11.2. The van der Waals surface area contributed by atoms with Crippen LogP contribution in [0.3, 0.4) is 0 Å². The van der Waals surface area contributed by atoms with Gasteiger partial charge in [-0.2, -0.15) is 0 Å². The van der Waals surface area contributed by atoms with Gasteiger partial charge in [-0.25, -0.2) is 0 Å². The van der Waals surface area contributed by atoms with E-state index in [9.17, 15) is 4.79 Å². The average molecular weight is 219 g/mol. The third-order valence-electron chi connectivity index (χ3n) is 2.95. The molecule has 1 aromatic rings. The number of anilines is 1. The smallest absolute Gasteiger partial charge is 0.136 e. The summed E-state index contributed by atoms with van der Waals surface area (Å²) in [5.74, 6) is 0.375. The summed E-state index contributed by atoms with van der Waals surface area (Å²) in [5.41, 5.74) is 2.40. The molecule has 2 rings (SSSR count). The highest BCUT2D eigenvalue weighted by Gasteiger charge is 2.18. The van der Waals surface area contributed by atoms with Crippen LogP contribution >= 0.6 is 0 Å². The van der Waals surface area contributed by atoms with Crippen LogP contribution in [0, 0.1) is 0 Å². The van der Waals surface area contributed by atoms with Crippen molar-refractivity contribution in [3.8, 4) is 0 Å². The molecule has 0 aliphatic carbocycles. The fourth-order valence-electron chi connectivity index (χ4n) is 2.09. The van der Waals surface area contributed by atoms with Gasteiger partial charge in [0.05, 0.1) is 6.61 Å². The molecule has 1 fully saturated rings. The molecule has 1 aromatic carbocycles. The van der Waals surface area contributed by atoms with Gasteiger partial charge in [-0.15, -0.1) is 0 Å². The lowest BCUT2D eigenvalue weighted by molar-refractivity contribution is -0.119. The first-order chi connectivity index (χ1) is 7.81. The largest absolute Gasteiger partial charge is 0.380 e. The monoisotopic (exact) mass is 219 g/mol. The van der Waals surface area contributed by atoms with E-state index in [0.717, 1.165) is 13.1 Å². The van der Waals surface area contributed by atoms with Gasteiger partial charge < -0.3 is 9.64 Å². The molecule has 3 nitrogen and oxygen atoms in total. The molecule has 0 amide bonds. The highest BCUT2D eigenvalue weighted by atomic mass is 16.5. The second-order valence-electron chi connectivity index (χ2n) is 4.09. The lowest BCUT2D eigenvalue weighted by Crippen LogP contribution is -2.34. The number of Topliss-reactive ketones (excluding diaryl/α,β-unsaturated/α-hetero) is 1. The van der Waals surface area contributed by atoms with Crippen molar-refractivity contribution in [3.05, 3.63) is 29.8 Å². The van der Waals surface area contributed by atoms with Gasteiger partial charge in [0.15, 0.2) is 0 Å². The Morgan fingerprint density at radius 2 is 1.94 bits per heavy atom. The molecule has 1 aliphatic heterocycles. The maximum atomic E-state index is 11.2. The van der Waals surface area contributed by atoms with Gasteiger partial charge in [0.2, 0.25) is 0 Å². The summed E-state index contributed by atoms with van der Waals surface area (Å²) in [6.07, 6.45) is 1.34. The minimum absolute atomic E-state index is 0.375. The third kappa shape index (κ3) is 2.42. The third-order valence-corrected chi connectivity index (χ3v) is 2.95. The Hall–Kier alpha value is -1.35. The normalized spacial score (nSPS) is 16.6. The molecule has 1 aliphatic rings. The van der Waals surface area contributed by atoms with Gasteiger partial charge in [-0.05, 0) is 6.07 Å². The van der Waals surface area contributed by atoms with Crippen LogP contribution in [-0.2, 0) is 16.1 Å². The number of ketones is 1. The SMILES string of the molecule is COCc1ccccc1N1CCC(=O)CC1. The van der Waals surface area contributed by atoms with E-state index in [2.05, 4.69) is 17.0 Å². The molecule has 0 atom stereocenters. The Bertz CT molecular complexity index is 366. The van der Waals surface area contributed by atoms with E-state index < -0.39 is 0 Å². The second-order valence-corrected chi connectivity index (χ2v) is 4.09. The van der Waals surface area contributed by atoms with Crippen LogP contribution in [0.25, 0.3) is 0 Å². The van der Waals surface area contributed by atoms with Crippen molar-refractivity contribution in [1.82, 2.24) is 0 Å². The fraction of sp³-hybridized carbons (Fsp3) is 0.462. The predicted octanol–water partition coefficient (Wildman–Crippen LogP) is 2.00. The minimum Gasteiger partial charge on any atom is -0.380 e. The van der Waals surface area contributed by atoms with E-state index in [4.69, 9.17) is 4.74 Å². The second kappa shape index (κ2) is 5.12. The quantitative estimate of drug-likeness (QED) is 0.778. The molecule has 0 unspecified atom stereocenters. The van der Waals surface area contributed by atoms with Crippen LogP contribution in [0.15, 0.2) is 24.3 Å². The number of rotatable bonds is 3. The van der Waals surface area contributed by atoms with Gasteiger partial charge in [-0.3, -0.25) is 4.79 Å². The molecule has 0 aromatic heterocycles. The van der Waals surface area contributed by atoms with Gasteiger partial charge in [-0.1, -0.05) is 18.2 Å². The van der Waals surface area contributed by atoms with E-state index in [1.165, 1.54) is 11.3 Å². The van der Waals surface area contributed by atoms with Gasteiger partial charge in [0, 0.05) is 44.3 Å². The van der Waals surface area contributed by atoms with Crippen molar-refractivity contribution in [1.29, 1.82) is 0 Å². The number of benzene rings is 1. The van der Waals surface area contributed by atoms with Crippen molar-refractivity contribution in [2.75, 3.05) is 25.1 Å². The number of ether oxygens (including phenoxy) is 1. The van der Waals surface area contributed by atoms with Crippen molar-refractivity contribution in [2.24, 2.45) is 0 Å². The molecular formula is C13H17NO2. The first-order valence-corrected chi connectivity index (χ1v) is 5.65. The van der Waals surface area contributed by atoms with Crippen molar-refractivity contribution in [2.45, 2.75) is 19.4 Å². The molecule has 0 radical (unpaired) electrons. The number of methoxy groups -OCH3 is 1. The molecule has 86 valence electrons. The topological polar surface area (TPSA) is 29.5 Å². The molecule has 1 saturated heterocycles. The molecule has 0 N–H and O–H groups in total. The van der Waals surface area contributed by atoms with E-state index in [0.29, 0.717) is 25.2 Å². The maximum Gasteiger partial charge on any atom is 0.136 e. The predicted molar refractivity (Wildman–Crippen MR) is 63.6 cm³/mol. The molecule has 0 saturated carbocycles. The Morgan fingerprint density at radius 1 is 1.25 bits per heavy atom. The van der Waals surface area contributed by atoms with E-state index in [1.807, 2.05) is 12.1 Å². The minimum atomic E-state index is 0.375. The van der Waals surface area contributed by atoms with Crippen LogP contribution in [-0.4, -0.2) is 26.0 Å². The Balaban J connectivity index is 2.16. The molecular weight excluding hydrogens is 202 g/mol. The Labute approximate surface area is 96.0 Å². The summed E-state index contributed by atoms with van der Waals surface area (Å²) in [5, 5.41) is 0. The number of nitrogens with zero attached hydrogens (tertiary/aromatic N) is 1. The average Bonchev–Trinajstić information content (AvgIpc) is 2.32. The van der Waals surface area contributed by atoms with Crippen LogP contribution in [0.1, 0.15) is 18.4 Å². The zero-order chi connectivity index (χ0) is 11.4. The van der Waals surface area contributed by atoms with E-state index in [-0.39, 0.29) is 0 Å². The van der Waals surface area contributed by atoms with Crippen LogP contribution in [0.4, 0.5) is 5.69 Å². The number of piperidine rings is 1. The Morgan fingerprint density at radius 3 is 2.62 bits per heavy atom. The Kier molecular flexibility index (Phi) is 3.57. The molecule has 3 heteroatoms. The summed E-state index contributed by atoms with van der Waals surface area (Å²) >= 11 is 0. The summed E-state index contributed by atoms with van der Waals surface area (Å²) in [7, 11) is 1.70. The first kappa shape index (κ1) is 11.1. The highest BCUT2D eigenvalue weighted by molar-refractivity contribution is 5.81. The number of para-hydroxylation sites is 1. The first-order valence-electron chi connectivity index (χ1n) is 5.65. The zero-order valence-electron chi connectivity index (χ0n) is 9.61. The number of carbonyl (C=O) groups excluding carboxylic acids is 1. The molecule has 1 heterocycles. The molecule has 16 heavy (non-hydrogen) atoms. The fourth-order valence-corrected chi connectivity index (χ4v) is 2.09. The van der Waals surface area contributed by atoms with Crippen LogP contribution in [0.2, 0.25) is 0 Å². The molecule has 0 spiro atoms. The summed E-state index contributed by atoms with van der Waals surface area (Å²) in [4.78, 5) is 13.5. The number of hydrogen-bond donors (Lipinski definition) is 0. The summed E-state index contributed by atoms with van der Waals surface area (Å²) in [6, 6.07) is 8.23. The van der Waals surface area contributed by atoms with Gasteiger partial charge in [0.1, 0.15) is 5.78 Å². The zero-order valence-corrected chi connectivity index (χ0v) is 9.61. The van der Waals surface area contributed by atoms with E-state index >= 15 is 0 Å². The number of carbonyl (C=O) groups is 1. The van der Waals surface area contributed by atoms with Crippen molar-refractivity contribution < 1.29 is 9.53 Å². The van der Waals surface area contributed by atoms with E-state index in [1.54, 1.807) is 7.11 Å².